The van der Waals surface area contributed by atoms with E-state index in [0.29, 0.717) is 11.3 Å². The molecule has 6 atom stereocenters. The van der Waals surface area contributed by atoms with Gasteiger partial charge >= 0.3 is 0 Å². The summed E-state index contributed by atoms with van der Waals surface area (Å²) in [7, 11) is 2.79. The minimum absolute atomic E-state index is 0.0978. The zero-order valence-corrected chi connectivity index (χ0v) is 22.8. The van der Waals surface area contributed by atoms with Crippen LogP contribution in [0.1, 0.15) is 29.9 Å². The van der Waals surface area contributed by atoms with Crippen molar-refractivity contribution in [3.05, 3.63) is 71.3 Å². The molecule has 3 fully saturated rings. The number of rotatable bonds is 4. The number of benzene rings is 2. The van der Waals surface area contributed by atoms with E-state index in [0.717, 1.165) is 10.5 Å². The molecule has 2 aromatic rings. The van der Waals surface area contributed by atoms with Gasteiger partial charge in [0.1, 0.15) is 11.5 Å². The fourth-order valence-electron chi connectivity index (χ4n) is 6.97. The predicted octanol–water partition coefficient (Wildman–Crippen LogP) is 3.59. The number of aromatic hydroxyl groups is 1. The summed E-state index contributed by atoms with van der Waals surface area (Å²) in [5.41, 5.74) is 1.70. The van der Waals surface area contributed by atoms with Gasteiger partial charge in [-0.2, -0.15) is 0 Å². The van der Waals surface area contributed by atoms with E-state index < -0.39 is 45.2 Å². The van der Waals surface area contributed by atoms with Gasteiger partial charge in [-0.05, 0) is 42.5 Å². The zero-order chi connectivity index (χ0) is 27.9. The molecule has 2 heterocycles. The Morgan fingerprint density at radius 2 is 1.72 bits per heavy atom. The highest BCUT2D eigenvalue weighted by Crippen LogP contribution is 2.66. The second kappa shape index (κ2) is 8.83. The number of phenols is 1. The normalized spacial score (nSPS) is 33.6. The van der Waals surface area contributed by atoms with Crippen molar-refractivity contribution in [2.45, 2.75) is 35.1 Å². The van der Waals surface area contributed by atoms with Crippen molar-refractivity contribution >= 4 is 46.8 Å². The molecule has 8 nitrogen and oxygen atoms in total. The van der Waals surface area contributed by atoms with Gasteiger partial charge in [0.25, 0.3) is 11.8 Å². The lowest BCUT2D eigenvalue weighted by Crippen LogP contribution is -2.60. The molecule has 0 bridgehead atoms. The van der Waals surface area contributed by atoms with Crippen LogP contribution in [0.15, 0.2) is 60.2 Å². The molecule has 0 unspecified atom stereocenters. The minimum Gasteiger partial charge on any atom is -0.508 e. The average Bonchev–Trinajstić information content (AvgIpc) is 3.25. The van der Waals surface area contributed by atoms with Gasteiger partial charge in [-0.15, -0.1) is 23.2 Å². The third kappa shape index (κ3) is 3.37. The van der Waals surface area contributed by atoms with Crippen LogP contribution in [0.25, 0.3) is 0 Å². The quantitative estimate of drug-likeness (QED) is 0.343. The number of fused-ring (bicyclic) bond motifs is 4. The summed E-state index contributed by atoms with van der Waals surface area (Å²) >= 11 is 14.3. The highest BCUT2D eigenvalue weighted by atomic mass is 35.5. The molecule has 0 aromatic heterocycles. The molecule has 4 amide bonds. The molecule has 0 spiro atoms. The zero-order valence-electron chi connectivity index (χ0n) is 21.3. The number of halogens is 2. The average molecular weight is 569 g/mol. The lowest BCUT2D eigenvalue weighted by molar-refractivity contribution is -0.141. The second-order valence-electron chi connectivity index (χ2n) is 10.7. The Kier molecular flexibility index (Phi) is 5.86. The molecule has 2 saturated heterocycles. The maximum absolute atomic E-state index is 13.9. The molecule has 1 N–H and O–H groups in total. The molecule has 2 aliphatic heterocycles. The van der Waals surface area contributed by atoms with Crippen molar-refractivity contribution in [2.75, 3.05) is 14.2 Å². The number of nitrogens with zero attached hydrogens (tertiary/aromatic N) is 2. The number of hydrogen-bond acceptors (Lipinski definition) is 6. The van der Waals surface area contributed by atoms with Gasteiger partial charge in [0.15, 0.2) is 9.75 Å². The first-order valence-electron chi connectivity index (χ1n) is 12.7. The first-order valence-corrected chi connectivity index (χ1v) is 13.5. The van der Waals surface area contributed by atoms with Crippen LogP contribution in [-0.2, 0) is 25.7 Å². The smallest absolute Gasteiger partial charge is 0.253 e. The van der Waals surface area contributed by atoms with E-state index in [2.05, 4.69) is 0 Å². The number of carbonyl (C=O) groups excluding carboxylic acids is 4. The Morgan fingerprint density at radius 3 is 2.41 bits per heavy atom. The van der Waals surface area contributed by atoms with Gasteiger partial charge in [0, 0.05) is 18.5 Å². The van der Waals surface area contributed by atoms with E-state index in [4.69, 9.17) is 27.9 Å². The van der Waals surface area contributed by atoms with E-state index in [1.165, 1.54) is 25.1 Å². The first-order chi connectivity index (χ1) is 18.5. The Morgan fingerprint density at radius 1 is 1.00 bits per heavy atom. The molecular weight excluding hydrogens is 543 g/mol. The Labute approximate surface area is 235 Å². The number of allylic oxidation sites excluding steroid dienone is 2. The number of carbonyl (C=O) groups is 4. The van der Waals surface area contributed by atoms with Gasteiger partial charge in [-0.25, -0.2) is 0 Å². The largest absolute Gasteiger partial charge is 0.508 e. The Bertz CT molecular complexity index is 1460. The van der Waals surface area contributed by atoms with Crippen molar-refractivity contribution in [2.24, 2.45) is 17.8 Å². The van der Waals surface area contributed by atoms with Crippen molar-refractivity contribution in [3.63, 3.8) is 0 Å². The molecule has 39 heavy (non-hydrogen) atoms. The van der Waals surface area contributed by atoms with E-state index in [1.807, 2.05) is 36.4 Å². The number of imide groups is 2. The number of hydrogen-bond donors (Lipinski definition) is 1. The van der Waals surface area contributed by atoms with E-state index in [1.54, 1.807) is 12.1 Å². The molecule has 2 aliphatic carbocycles. The fraction of sp³-hybridized carbons (Fsp3) is 0.379. The van der Waals surface area contributed by atoms with Crippen LogP contribution in [-0.4, -0.2) is 62.4 Å². The summed E-state index contributed by atoms with van der Waals surface area (Å²) in [6.45, 7) is 0.138. The van der Waals surface area contributed by atoms with Gasteiger partial charge in [0.2, 0.25) is 11.8 Å². The summed E-state index contributed by atoms with van der Waals surface area (Å²) in [6, 6.07) is 13.8. The first kappa shape index (κ1) is 25.9. The van der Waals surface area contributed by atoms with Crippen molar-refractivity contribution < 1.29 is 29.0 Å². The topological polar surface area (TPSA) is 104 Å². The lowest BCUT2D eigenvalue weighted by Gasteiger charge is -2.50. The van der Waals surface area contributed by atoms with Gasteiger partial charge < -0.3 is 9.84 Å². The highest BCUT2D eigenvalue weighted by Gasteiger charge is 2.76. The second-order valence-corrected chi connectivity index (χ2v) is 11.9. The summed E-state index contributed by atoms with van der Waals surface area (Å²) in [4.78, 5) is 52.8. The number of alkyl halides is 2. The van der Waals surface area contributed by atoms with E-state index in [-0.39, 0.29) is 42.5 Å². The molecule has 0 radical (unpaired) electrons. The molecule has 202 valence electrons. The standard InChI is InChI=1S/C29H26Cl2N2O6/c1-32-26(37)28(30)13-20-17(23(29(28,31)27(32)38)19-12-16(39-2)8-11-21(19)34)9-10-18-22(20)25(36)33(24(18)35)14-15-6-4-3-5-7-15/h3-9,11-12,18,20,22-23,34H,10,13-14H2,1-2H3/t18-,20+,22-,23+,28+,29-/m0/s1. The number of phenolic OH excluding ortho intramolecular Hbond substituents is 1. The summed E-state index contributed by atoms with van der Waals surface area (Å²) in [5, 5.41) is 11.0. The van der Waals surface area contributed by atoms with Gasteiger partial charge in [0.05, 0.1) is 25.5 Å². The third-order valence-corrected chi connectivity index (χ3v) is 10.2. The monoisotopic (exact) mass is 568 g/mol. The van der Waals surface area contributed by atoms with Gasteiger partial charge in [-0.1, -0.05) is 42.0 Å². The summed E-state index contributed by atoms with van der Waals surface area (Å²) in [5.74, 6) is -4.81. The molecule has 2 aromatic carbocycles. The molecule has 4 aliphatic rings. The Hall–Kier alpha value is -3.36. The van der Waals surface area contributed by atoms with Crippen molar-refractivity contribution in [1.82, 2.24) is 9.80 Å². The van der Waals surface area contributed by atoms with Crippen LogP contribution < -0.4 is 4.74 Å². The van der Waals surface area contributed by atoms with Crippen LogP contribution in [0.3, 0.4) is 0 Å². The SMILES string of the molecule is COc1ccc(O)c([C@H]2C3=CC[C@@H]4C(=O)N(Cc5ccccc5)C(=O)[C@@H]4[C@@H]3C[C@@]3(Cl)C(=O)N(C)C(=O)[C@@]23Cl)c1. The minimum atomic E-state index is -1.96. The van der Waals surface area contributed by atoms with Crippen LogP contribution in [0.5, 0.6) is 11.5 Å². The maximum atomic E-state index is 13.9. The number of amides is 4. The predicted molar refractivity (Wildman–Crippen MR) is 142 cm³/mol. The molecule has 6 rings (SSSR count). The highest BCUT2D eigenvalue weighted by molar-refractivity contribution is 6.53. The van der Waals surface area contributed by atoms with Crippen LogP contribution >= 0.6 is 23.2 Å². The fourth-order valence-corrected chi connectivity index (χ4v) is 7.98. The van der Waals surface area contributed by atoms with Crippen LogP contribution in [0, 0.1) is 17.8 Å². The lowest BCUT2D eigenvalue weighted by atomic mass is 9.56. The van der Waals surface area contributed by atoms with E-state index in [9.17, 15) is 24.3 Å². The van der Waals surface area contributed by atoms with Crippen molar-refractivity contribution in [3.8, 4) is 11.5 Å². The Balaban J connectivity index is 1.50. The third-order valence-electron chi connectivity index (χ3n) is 8.83. The summed E-state index contributed by atoms with van der Waals surface area (Å²) in [6.07, 6.45) is 2.00. The molecular formula is C29H26Cl2N2O6. The molecule has 10 heteroatoms. The van der Waals surface area contributed by atoms with E-state index >= 15 is 0 Å². The van der Waals surface area contributed by atoms with Gasteiger partial charge in [-0.3, -0.25) is 29.0 Å². The van der Waals surface area contributed by atoms with Crippen molar-refractivity contribution in [1.29, 1.82) is 0 Å². The molecule has 1 saturated carbocycles. The number of likely N-dealkylation sites (tertiary alicyclic amines) is 2. The van der Waals surface area contributed by atoms with Crippen LogP contribution in [0.4, 0.5) is 0 Å². The number of ether oxygens (including phenoxy) is 1. The maximum Gasteiger partial charge on any atom is 0.253 e. The number of methoxy groups -OCH3 is 1. The summed E-state index contributed by atoms with van der Waals surface area (Å²) < 4.78 is 5.37. The van der Waals surface area contributed by atoms with Crippen LogP contribution in [0.2, 0.25) is 0 Å².